The van der Waals surface area contributed by atoms with Gasteiger partial charge >= 0.3 is 0 Å². The molecule has 0 spiro atoms. The highest BCUT2D eigenvalue weighted by atomic mass is 16.2. The minimum atomic E-state index is -0.323. The second-order valence-electron chi connectivity index (χ2n) is 6.68. The van der Waals surface area contributed by atoms with Gasteiger partial charge in [-0.1, -0.05) is 13.8 Å². The number of nitrogens with two attached hydrogens (primary N) is 1. The topological polar surface area (TPSA) is 49.6 Å². The van der Waals surface area contributed by atoms with Crippen LogP contribution in [0.2, 0.25) is 0 Å². The Morgan fingerprint density at radius 2 is 1.95 bits per heavy atom. The Hall–Kier alpha value is -0.610. The van der Waals surface area contributed by atoms with E-state index in [9.17, 15) is 4.79 Å². The van der Waals surface area contributed by atoms with Crippen molar-refractivity contribution in [2.75, 3.05) is 40.3 Å². The van der Waals surface area contributed by atoms with Crippen LogP contribution in [0.3, 0.4) is 0 Å². The van der Waals surface area contributed by atoms with E-state index in [0.29, 0.717) is 6.54 Å². The van der Waals surface area contributed by atoms with Crippen molar-refractivity contribution >= 4 is 5.91 Å². The van der Waals surface area contributed by atoms with E-state index in [1.165, 1.54) is 25.9 Å². The summed E-state index contributed by atoms with van der Waals surface area (Å²) < 4.78 is 0. The van der Waals surface area contributed by atoms with Gasteiger partial charge < -0.3 is 15.5 Å². The number of hydrogen-bond acceptors (Lipinski definition) is 3. The molecule has 1 aliphatic heterocycles. The minimum Gasteiger partial charge on any atom is -0.345 e. The van der Waals surface area contributed by atoms with Crippen LogP contribution in [0.15, 0.2) is 0 Å². The van der Waals surface area contributed by atoms with E-state index in [-0.39, 0.29) is 11.3 Å². The van der Waals surface area contributed by atoms with Gasteiger partial charge in [0.2, 0.25) is 5.91 Å². The fraction of sp³-hybridized carbons (Fsp3) is 0.933. The Bertz CT molecular complexity index is 283. The number of rotatable bonds is 6. The van der Waals surface area contributed by atoms with Gasteiger partial charge in [-0.25, -0.2) is 0 Å². The zero-order valence-corrected chi connectivity index (χ0v) is 13.1. The van der Waals surface area contributed by atoms with E-state index in [4.69, 9.17) is 5.73 Å². The molecule has 0 aromatic heterocycles. The molecular formula is C15H31N3O. The van der Waals surface area contributed by atoms with Gasteiger partial charge in [0.15, 0.2) is 0 Å². The van der Waals surface area contributed by atoms with Gasteiger partial charge in [0.05, 0.1) is 0 Å². The maximum Gasteiger partial charge on any atom is 0.228 e. The lowest BCUT2D eigenvalue weighted by Crippen LogP contribution is -2.41. The standard InChI is InChI=1S/C15H31N3O/c1-15(2,8-9-16)14(19)18(4)12-7-13-5-10-17(3)11-6-13/h13H,5-12,16H2,1-4H3. The molecule has 4 heteroatoms. The van der Waals surface area contributed by atoms with Gasteiger partial charge in [-0.05, 0) is 58.3 Å². The first-order valence-electron chi connectivity index (χ1n) is 7.51. The molecule has 0 bridgehead atoms. The first kappa shape index (κ1) is 16.4. The van der Waals surface area contributed by atoms with Crippen molar-refractivity contribution in [3.63, 3.8) is 0 Å². The predicted molar refractivity (Wildman–Crippen MR) is 79.9 cm³/mol. The van der Waals surface area contributed by atoms with Crippen molar-refractivity contribution in [2.24, 2.45) is 17.1 Å². The summed E-state index contributed by atoms with van der Waals surface area (Å²) in [6.07, 6.45) is 4.43. The number of nitrogens with zero attached hydrogens (tertiary/aromatic N) is 2. The third-order valence-corrected chi connectivity index (χ3v) is 4.41. The average molecular weight is 269 g/mol. The Kier molecular flexibility index (Phi) is 6.27. The van der Waals surface area contributed by atoms with E-state index in [0.717, 1.165) is 25.3 Å². The van der Waals surface area contributed by atoms with Crippen LogP contribution >= 0.6 is 0 Å². The van der Waals surface area contributed by atoms with Crippen LogP contribution in [-0.2, 0) is 4.79 Å². The monoisotopic (exact) mass is 269 g/mol. The van der Waals surface area contributed by atoms with Crippen molar-refractivity contribution < 1.29 is 4.79 Å². The van der Waals surface area contributed by atoms with Crippen LogP contribution in [0.25, 0.3) is 0 Å². The molecule has 1 fully saturated rings. The highest BCUT2D eigenvalue weighted by molar-refractivity contribution is 5.81. The fourth-order valence-corrected chi connectivity index (χ4v) is 2.81. The Balaban J connectivity index is 2.34. The van der Waals surface area contributed by atoms with Crippen molar-refractivity contribution in [1.29, 1.82) is 0 Å². The van der Waals surface area contributed by atoms with Crippen LogP contribution < -0.4 is 5.73 Å². The van der Waals surface area contributed by atoms with Crippen LogP contribution in [-0.4, -0.2) is 56.0 Å². The van der Waals surface area contributed by atoms with Crippen LogP contribution in [0.4, 0.5) is 0 Å². The lowest BCUT2D eigenvalue weighted by atomic mass is 9.87. The highest BCUT2D eigenvalue weighted by Gasteiger charge is 2.29. The molecule has 112 valence electrons. The van der Waals surface area contributed by atoms with Crippen LogP contribution in [0.5, 0.6) is 0 Å². The largest absolute Gasteiger partial charge is 0.345 e. The van der Waals surface area contributed by atoms with Gasteiger partial charge in [-0.2, -0.15) is 0 Å². The molecule has 1 heterocycles. The number of carbonyl (C=O) groups is 1. The summed E-state index contributed by atoms with van der Waals surface area (Å²) in [5.41, 5.74) is 5.26. The number of carbonyl (C=O) groups excluding carboxylic acids is 1. The Labute approximate surface area is 118 Å². The smallest absolute Gasteiger partial charge is 0.228 e. The molecule has 2 N–H and O–H groups in total. The molecule has 0 atom stereocenters. The van der Waals surface area contributed by atoms with Crippen molar-refractivity contribution in [3.05, 3.63) is 0 Å². The first-order chi connectivity index (χ1) is 8.86. The van der Waals surface area contributed by atoms with Crippen LogP contribution in [0.1, 0.15) is 39.5 Å². The third-order valence-electron chi connectivity index (χ3n) is 4.41. The van der Waals surface area contributed by atoms with Crippen molar-refractivity contribution in [1.82, 2.24) is 9.80 Å². The summed E-state index contributed by atoms with van der Waals surface area (Å²) in [5.74, 6) is 1.01. The van der Waals surface area contributed by atoms with Crippen molar-refractivity contribution in [2.45, 2.75) is 39.5 Å². The summed E-state index contributed by atoms with van der Waals surface area (Å²) in [7, 11) is 4.11. The zero-order chi connectivity index (χ0) is 14.5. The normalized spacial score (nSPS) is 18.6. The molecule has 1 amide bonds. The molecule has 0 unspecified atom stereocenters. The summed E-state index contributed by atoms with van der Waals surface area (Å²) in [4.78, 5) is 16.6. The molecule has 0 radical (unpaired) electrons. The van der Waals surface area contributed by atoms with E-state index in [2.05, 4.69) is 11.9 Å². The van der Waals surface area contributed by atoms with Gasteiger partial charge in [0.25, 0.3) is 0 Å². The molecule has 4 nitrogen and oxygen atoms in total. The molecule has 0 saturated carbocycles. The Morgan fingerprint density at radius 3 is 2.47 bits per heavy atom. The minimum absolute atomic E-state index is 0.228. The molecule has 0 aliphatic carbocycles. The molecule has 1 rings (SSSR count). The van der Waals surface area contributed by atoms with Crippen LogP contribution in [0, 0.1) is 11.3 Å². The second-order valence-corrected chi connectivity index (χ2v) is 6.68. The molecule has 1 aliphatic rings. The predicted octanol–water partition coefficient (Wildman–Crippen LogP) is 1.55. The summed E-state index contributed by atoms with van der Waals surface area (Å²) in [6, 6.07) is 0. The number of likely N-dealkylation sites (tertiary alicyclic amines) is 1. The van der Waals surface area contributed by atoms with E-state index < -0.39 is 0 Å². The average Bonchev–Trinajstić information content (AvgIpc) is 2.36. The number of piperidine rings is 1. The lowest BCUT2D eigenvalue weighted by Gasteiger charge is -2.32. The number of amides is 1. The third kappa shape index (κ3) is 5.11. The SMILES string of the molecule is CN1CCC(CCN(C)C(=O)C(C)(C)CCN)CC1. The summed E-state index contributed by atoms with van der Waals surface area (Å²) in [5, 5.41) is 0. The van der Waals surface area contributed by atoms with Gasteiger partial charge in [0, 0.05) is 19.0 Å². The number of hydrogen-bond donors (Lipinski definition) is 1. The maximum atomic E-state index is 12.3. The van der Waals surface area contributed by atoms with E-state index in [1.807, 2.05) is 25.8 Å². The summed E-state index contributed by atoms with van der Waals surface area (Å²) >= 11 is 0. The zero-order valence-electron chi connectivity index (χ0n) is 13.1. The van der Waals surface area contributed by atoms with E-state index in [1.54, 1.807) is 0 Å². The first-order valence-corrected chi connectivity index (χ1v) is 7.51. The molecule has 0 aromatic rings. The Morgan fingerprint density at radius 1 is 1.37 bits per heavy atom. The lowest BCUT2D eigenvalue weighted by molar-refractivity contribution is -0.139. The van der Waals surface area contributed by atoms with Crippen molar-refractivity contribution in [3.8, 4) is 0 Å². The van der Waals surface area contributed by atoms with Gasteiger partial charge in [-0.15, -0.1) is 0 Å². The fourth-order valence-electron chi connectivity index (χ4n) is 2.81. The van der Waals surface area contributed by atoms with Gasteiger partial charge in [0.1, 0.15) is 0 Å². The highest BCUT2D eigenvalue weighted by Crippen LogP contribution is 2.24. The van der Waals surface area contributed by atoms with Gasteiger partial charge in [-0.3, -0.25) is 4.79 Å². The molecular weight excluding hydrogens is 238 g/mol. The maximum absolute atomic E-state index is 12.3. The second kappa shape index (κ2) is 7.25. The quantitative estimate of drug-likeness (QED) is 0.796. The molecule has 1 saturated heterocycles. The van der Waals surface area contributed by atoms with E-state index >= 15 is 0 Å². The molecule has 19 heavy (non-hydrogen) atoms. The summed E-state index contributed by atoms with van der Waals surface area (Å²) in [6.45, 7) is 7.83. The molecule has 0 aromatic carbocycles.